The van der Waals surface area contributed by atoms with Crippen LogP contribution < -0.4 is 5.73 Å². The van der Waals surface area contributed by atoms with Crippen molar-refractivity contribution in [3.05, 3.63) is 28.2 Å². The van der Waals surface area contributed by atoms with E-state index in [0.717, 1.165) is 0 Å². The average Bonchev–Trinajstić information content (AvgIpc) is 2.74. The summed E-state index contributed by atoms with van der Waals surface area (Å²) in [5, 5.41) is 9.09. The predicted octanol–water partition coefficient (Wildman–Crippen LogP) is 1.82. The van der Waals surface area contributed by atoms with Gasteiger partial charge >= 0.3 is 5.97 Å². The molecule has 1 amide bonds. The monoisotopic (exact) mass is 326 g/mol. The van der Waals surface area contributed by atoms with Crippen LogP contribution in [0.1, 0.15) is 17.3 Å². The van der Waals surface area contributed by atoms with E-state index in [0.29, 0.717) is 22.3 Å². The molecule has 2 rings (SSSR count). The Morgan fingerprint density at radius 3 is 2.68 bits per heavy atom. The summed E-state index contributed by atoms with van der Waals surface area (Å²) in [5.41, 5.74) is 6.66. The van der Waals surface area contributed by atoms with E-state index in [2.05, 4.69) is 15.9 Å². The van der Waals surface area contributed by atoms with E-state index in [-0.39, 0.29) is 18.4 Å². The van der Waals surface area contributed by atoms with Crippen molar-refractivity contribution in [3.63, 3.8) is 0 Å². The molecule has 1 aromatic carbocycles. The first kappa shape index (κ1) is 13.9. The maximum atomic E-state index is 12.4. The minimum atomic E-state index is -0.852. The minimum Gasteiger partial charge on any atom is -0.481 e. The zero-order valence-electron chi connectivity index (χ0n) is 10.5. The molecule has 2 atom stereocenters. The van der Waals surface area contributed by atoms with Crippen LogP contribution in [0.3, 0.4) is 0 Å². The summed E-state index contributed by atoms with van der Waals surface area (Å²) < 4.78 is 0.665. The van der Waals surface area contributed by atoms with E-state index in [9.17, 15) is 9.59 Å². The molecule has 0 spiro atoms. The number of carbonyl (C=O) groups is 2. The van der Waals surface area contributed by atoms with Gasteiger partial charge in [0.25, 0.3) is 5.91 Å². The maximum Gasteiger partial charge on any atom is 0.308 e. The van der Waals surface area contributed by atoms with Gasteiger partial charge in [0.1, 0.15) is 0 Å². The zero-order valence-corrected chi connectivity index (χ0v) is 12.1. The Morgan fingerprint density at radius 1 is 1.42 bits per heavy atom. The highest BCUT2D eigenvalue weighted by Gasteiger charge is 2.37. The van der Waals surface area contributed by atoms with Crippen LogP contribution >= 0.6 is 15.9 Å². The maximum absolute atomic E-state index is 12.4. The third-order valence-electron chi connectivity index (χ3n) is 3.44. The summed E-state index contributed by atoms with van der Waals surface area (Å²) in [7, 11) is 0. The molecule has 1 aliphatic rings. The number of nitrogens with two attached hydrogens (primary N) is 1. The molecule has 6 heteroatoms. The van der Waals surface area contributed by atoms with E-state index < -0.39 is 11.9 Å². The lowest BCUT2D eigenvalue weighted by molar-refractivity contribution is -0.142. The number of nitrogen functional groups attached to an aromatic ring is 1. The number of aliphatic carboxylic acids is 1. The number of likely N-dealkylation sites (tertiary alicyclic amines) is 1. The largest absolute Gasteiger partial charge is 0.481 e. The second kappa shape index (κ2) is 5.21. The molecular weight excluding hydrogens is 312 g/mol. The minimum absolute atomic E-state index is 0.0405. The van der Waals surface area contributed by atoms with E-state index >= 15 is 0 Å². The molecule has 0 aromatic heterocycles. The first-order valence-electron chi connectivity index (χ1n) is 5.97. The SMILES string of the molecule is CC1CN(C(=O)c2cc(N)ccc2Br)CC1C(=O)O. The molecule has 1 fully saturated rings. The van der Waals surface area contributed by atoms with Gasteiger partial charge in [-0.25, -0.2) is 0 Å². The number of carbonyl (C=O) groups excluding carboxylic acids is 1. The Labute approximate surface area is 119 Å². The van der Waals surface area contributed by atoms with Crippen molar-refractivity contribution in [3.8, 4) is 0 Å². The molecule has 2 unspecified atom stereocenters. The summed E-state index contributed by atoms with van der Waals surface area (Å²) in [6.07, 6.45) is 0. The Balaban J connectivity index is 2.22. The fourth-order valence-electron chi connectivity index (χ4n) is 2.33. The molecule has 1 heterocycles. The molecule has 102 valence electrons. The van der Waals surface area contributed by atoms with Crippen molar-refractivity contribution < 1.29 is 14.7 Å². The number of amides is 1. The highest BCUT2D eigenvalue weighted by atomic mass is 79.9. The lowest BCUT2D eigenvalue weighted by Crippen LogP contribution is -2.30. The molecule has 1 aromatic rings. The van der Waals surface area contributed by atoms with E-state index in [1.54, 1.807) is 23.1 Å². The van der Waals surface area contributed by atoms with Crippen LogP contribution in [0.5, 0.6) is 0 Å². The molecule has 0 saturated carbocycles. The van der Waals surface area contributed by atoms with Crippen LogP contribution in [0.2, 0.25) is 0 Å². The summed E-state index contributed by atoms with van der Waals surface area (Å²) in [5.74, 6) is -1.57. The first-order valence-corrected chi connectivity index (χ1v) is 6.76. The highest BCUT2D eigenvalue weighted by molar-refractivity contribution is 9.10. The van der Waals surface area contributed by atoms with Gasteiger partial charge in [-0.1, -0.05) is 6.92 Å². The summed E-state index contributed by atoms with van der Waals surface area (Å²) >= 11 is 3.32. The van der Waals surface area contributed by atoms with Crippen LogP contribution in [0.15, 0.2) is 22.7 Å². The number of carboxylic acids is 1. The van der Waals surface area contributed by atoms with Gasteiger partial charge < -0.3 is 15.7 Å². The third kappa shape index (κ3) is 2.73. The molecular formula is C13H15BrN2O3. The quantitative estimate of drug-likeness (QED) is 0.812. The normalized spacial score (nSPS) is 22.5. The summed E-state index contributed by atoms with van der Waals surface area (Å²) in [6, 6.07) is 5.02. The lowest BCUT2D eigenvalue weighted by atomic mass is 9.99. The standard InChI is InChI=1S/C13H15BrN2O3/c1-7-5-16(6-10(7)13(18)19)12(17)9-4-8(15)2-3-11(9)14/h2-4,7,10H,5-6,15H2,1H3,(H,18,19). The molecule has 5 nitrogen and oxygen atoms in total. The van der Waals surface area contributed by atoms with Crippen LogP contribution in [0.25, 0.3) is 0 Å². The Bertz CT molecular complexity index is 533. The van der Waals surface area contributed by atoms with E-state index in [4.69, 9.17) is 10.8 Å². The number of nitrogens with zero attached hydrogens (tertiary/aromatic N) is 1. The topological polar surface area (TPSA) is 83.6 Å². The Hall–Kier alpha value is -1.56. The zero-order chi connectivity index (χ0) is 14.2. The van der Waals surface area contributed by atoms with Crippen LogP contribution in [-0.4, -0.2) is 35.0 Å². The fraction of sp³-hybridized carbons (Fsp3) is 0.385. The second-order valence-corrected chi connectivity index (χ2v) is 5.73. The van der Waals surface area contributed by atoms with E-state index in [1.807, 2.05) is 6.92 Å². The van der Waals surface area contributed by atoms with Crippen molar-refractivity contribution in [2.24, 2.45) is 11.8 Å². The van der Waals surface area contributed by atoms with Gasteiger partial charge in [-0.3, -0.25) is 9.59 Å². The summed E-state index contributed by atoms with van der Waals surface area (Å²) in [6.45, 7) is 2.55. The smallest absolute Gasteiger partial charge is 0.308 e. The average molecular weight is 327 g/mol. The van der Waals surface area contributed by atoms with Gasteiger partial charge in [-0.2, -0.15) is 0 Å². The lowest BCUT2D eigenvalue weighted by Gasteiger charge is -2.17. The van der Waals surface area contributed by atoms with Gasteiger partial charge in [0.15, 0.2) is 0 Å². The Morgan fingerprint density at radius 2 is 2.11 bits per heavy atom. The fourth-order valence-corrected chi connectivity index (χ4v) is 2.75. The van der Waals surface area contributed by atoms with Gasteiger partial charge in [0.05, 0.1) is 11.5 Å². The van der Waals surface area contributed by atoms with Gasteiger partial charge in [0, 0.05) is 23.2 Å². The number of anilines is 1. The van der Waals surface area contributed by atoms with Gasteiger partial charge in [-0.05, 0) is 40.0 Å². The molecule has 19 heavy (non-hydrogen) atoms. The number of carboxylic acid groups (broad SMARTS) is 1. The highest BCUT2D eigenvalue weighted by Crippen LogP contribution is 2.27. The van der Waals surface area contributed by atoms with Crippen molar-refractivity contribution in [1.29, 1.82) is 0 Å². The van der Waals surface area contributed by atoms with E-state index in [1.165, 1.54) is 0 Å². The predicted molar refractivity (Wildman–Crippen MR) is 74.7 cm³/mol. The number of hydrogen-bond donors (Lipinski definition) is 2. The van der Waals surface area contributed by atoms with Crippen LogP contribution in [0.4, 0.5) is 5.69 Å². The van der Waals surface area contributed by atoms with Crippen molar-refractivity contribution in [1.82, 2.24) is 4.90 Å². The number of rotatable bonds is 2. The number of benzene rings is 1. The molecule has 3 N–H and O–H groups in total. The third-order valence-corrected chi connectivity index (χ3v) is 4.13. The molecule has 0 radical (unpaired) electrons. The van der Waals surface area contributed by atoms with Crippen LogP contribution in [0, 0.1) is 11.8 Å². The van der Waals surface area contributed by atoms with Gasteiger partial charge in [-0.15, -0.1) is 0 Å². The molecule has 1 saturated heterocycles. The second-order valence-electron chi connectivity index (χ2n) is 4.87. The summed E-state index contributed by atoms with van der Waals surface area (Å²) in [4.78, 5) is 25.0. The van der Waals surface area contributed by atoms with Crippen LogP contribution in [-0.2, 0) is 4.79 Å². The first-order chi connectivity index (χ1) is 8.90. The molecule has 0 aliphatic carbocycles. The number of halogens is 1. The molecule has 1 aliphatic heterocycles. The van der Waals surface area contributed by atoms with Crippen molar-refractivity contribution in [2.75, 3.05) is 18.8 Å². The number of hydrogen-bond acceptors (Lipinski definition) is 3. The van der Waals surface area contributed by atoms with Crippen molar-refractivity contribution >= 4 is 33.5 Å². The van der Waals surface area contributed by atoms with Crippen molar-refractivity contribution in [2.45, 2.75) is 6.92 Å². The molecule has 0 bridgehead atoms. The Kier molecular flexibility index (Phi) is 3.80. The van der Waals surface area contributed by atoms with Gasteiger partial charge in [0.2, 0.25) is 0 Å².